The van der Waals surface area contributed by atoms with Crippen molar-refractivity contribution in [1.82, 2.24) is 0 Å². The van der Waals surface area contributed by atoms with Crippen LogP contribution in [-0.4, -0.2) is 0 Å². The number of hydrogen-bond donors (Lipinski definition) is 0. The van der Waals surface area contributed by atoms with Crippen LogP contribution in [0.2, 0.25) is 0 Å². The molecule has 0 amide bonds. The number of anilines is 6. The quantitative estimate of drug-likeness (QED) is 0.150. The molecule has 0 unspecified atom stereocenters. The van der Waals surface area contributed by atoms with Crippen LogP contribution >= 0.6 is 0 Å². The Morgan fingerprint density at radius 1 is 0.229 bits per heavy atom. The van der Waals surface area contributed by atoms with E-state index in [1.807, 2.05) is 0 Å². The van der Waals surface area contributed by atoms with Crippen molar-refractivity contribution in [3.05, 3.63) is 265 Å². The second-order valence-electron chi connectivity index (χ2n) is 19.2. The molecule has 70 heavy (non-hydrogen) atoms. The standard InChI is InChI=1S/C68H48N2/c1-3-15-51-43-61(37-31-45(51)11-1)69(65-21-9-17-49-13-5-7-19-63(49)65)59-33-27-47(28-34-59)57-39-53-23-25-55-41-58(42-56-26-24-54(40-57)67(53)68(55)56)48-29-35-60(36-30-48)70(62-38-32-46-12-2-4-16-52(46)44-62)66-22-10-18-50-14-6-8-20-64(50)66/h1-22,27-44H,23-26H2. The van der Waals surface area contributed by atoms with Crippen molar-refractivity contribution in [2.45, 2.75) is 25.7 Å². The first-order valence-electron chi connectivity index (χ1n) is 24.7. The molecule has 0 saturated heterocycles. The zero-order chi connectivity index (χ0) is 46.1. The second-order valence-corrected chi connectivity index (χ2v) is 19.2. The van der Waals surface area contributed by atoms with E-state index in [4.69, 9.17) is 0 Å². The highest BCUT2D eigenvalue weighted by Crippen LogP contribution is 2.48. The van der Waals surface area contributed by atoms with Crippen LogP contribution < -0.4 is 9.80 Å². The summed E-state index contributed by atoms with van der Waals surface area (Å²) in [4.78, 5) is 4.84. The predicted octanol–water partition coefficient (Wildman–Crippen LogP) is 18.4. The number of nitrogens with zero attached hydrogens (tertiary/aromatic N) is 2. The molecule has 12 aromatic rings. The second kappa shape index (κ2) is 16.5. The third-order valence-electron chi connectivity index (χ3n) is 15.1. The first kappa shape index (κ1) is 40.4. The Balaban J connectivity index is 0.789. The van der Waals surface area contributed by atoms with Crippen molar-refractivity contribution in [3.8, 4) is 33.4 Å². The molecular formula is C68H48N2. The summed E-state index contributed by atoms with van der Waals surface area (Å²) in [5.41, 5.74) is 21.0. The molecule has 0 radical (unpaired) electrons. The van der Waals surface area contributed by atoms with E-state index >= 15 is 0 Å². The average molecular weight is 893 g/mol. The monoisotopic (exact) mass is 892 g/mol. The van der Waals surface area contributed by atoms with E-state index in [9.17, 15) is 0 Å². The highest BCUT2D eigenvalue weighted by atomic mass is 15.1. The van der Waals surface area contributed by atoms with E-state index in [-0.39, 0.29) is 0 Å². The van der Waals surface area contributed by atoms with Gasteiger partial charge in [-0.3, -0.25) is 0 Å². The lowest BCUT2D eigenvalue weighted by Gasteiger charge is -2.31. The summed E-state index contributed by atoms with van der Waals surface area (Å²) in [6.07, 6.45) is 4.19. The Morgan fingerprint density at radius 2 is 0.557 bits per heavy atom. The van der Waals surface area contributed by atoms with Gasteiger partial charge in [-0.25, -0.2) is 0 Å². The molecule has 0 aliphatic heterocycles. The summed E-state index contributed by atoms with van der Waals surface area (Å²) in [5, 5.41) is 9.89. The molecule has 0 aromatic heterocycles. The van der Waals surface area contributed by atoms with E-state index in [0.717, 1.165) is 48.4 Å². The molecule has 2 heteroatoms. The Labute approximate surface area is 409 Å². The van der Waals surface area contributed by atoms with Crippen LogP contribution in [-0.2, 0) is 25.7 Å². The summed E-state index contributed by atoms with van der Waals surface area (Å²) in [5.74, 6) is 0. The zero-order valence-electron chi connectivity index (χ0n) is 38.8. The lowest BCUT2D eigenvalue weighted by atomic mass is 9.73. The van der Waals surface area contributed by atoms with Crippen molar-refractivity contribution in [1.29, 1.82) is 0 Å². The average Bonchev–Trinajstić information content (AvgIpc) is 3.43. The Bertz CT molecular complexity index is 3690. The smallest absolute Gasteiger partial charge is 0.0540 e. The maximum Gasteiger partial charge on any atom is 0.0540 e. The van der Waals surface area contributed by atoms with Gasteiger partial charge >= 0.3 is 0 Å². The SMILES string of the molecule is c1ccc2cc(N(c3ccc(-c4cc5c6c(c4)CCc4cc(-c7ccc(N(c8ccc9ccccc9c8)c8cccc9ccccc89)cc7)cc(c4-6)CC5)cc3)c3cccc4ccccc34)ccc2c1. The van der Waals surface area contributed by atoms with Gasteiger partial charge < -0.3 is 9.80 Å². The summed E-state index contributed by atoms with van der Waals surface area (Å²) in [6.45, 7) is 0. The van der Waals surface area contributed by atoms with Crippen LogP contribution in [0.4, 0.5) is 34.1 Å². The Kier molecular flexibility index (Phi) is 9.52. The van der Waals surface area contributed by atoms with E-state index in [0.29, 0.717) is 0 Å². The first-order chi connectivity index (χ1) is 34.7. The summed E-state index contributed by atoms with van der Waals surface area (Å²) in [6, 6.07) is 90.1. The van der Waals surface area contributed by atoms with Gasteiger partial charge in [0.05, 0.1) is 11.4 Å². The lowest BCUT2D eigenvalue weighted by molar-refractivity contribution is 0.878. The minimum Gasteiger partial charge on any atom is -0.310 e. The number of rotatable bonds is 8. The van der Waals surface area contributed by atoms with Gasteiger partial charge in [0.2, 0.25) is 0 Å². The van der Waals surface area contributed by atoms with Gasteiger partial charge in [0, 0.05) is 33.5 Å². The molecule has 0 spiro atoms. The van der Waals surface area contributed by atoms with Crippen molar-refractivity contribution in [2.24, 2.45) is 0 Å². The Morgan fingerprint density at radius 3 is 0.957 bits per heavy atom. The molecule has 2 aliphatic carbocycles. The van der Waals surface area contributed by atoms with Crippen LogP contribution in [0.15, 0.2) is 243 Å². The molecule has 0 heterocycles. The molecule has 0 atom stereocenters. The molecular weight excluding hydrogens is 845 g/mol. The molecule has 14 rings (SSSR count). The maximum absolute atomic E-state index is 2.49. The van der Waals surface area contributed by atoms with Gasteiger partial charge in [0.1, 0.15) is 0 Å². The molecule has 330 valence electrons. The van der Waals surface area contributed by atoms with Crippen molar-refractivity contribution >= 4 is 77.2 Å². The summed E-state index contributed by atoms with van der Waals surface area (Å²) in [7, 11) is 0. The van der Waals surface area contributed by atoms with E-state index in [2.05, 4.69) is 252 Å². The fraction of sp³-hybridized carbons (Fsp3) is 0.0588. The van der Waals surface area contributed by atoms with Crippen LogP contribution in [0.3, 0.4) is 0 Å². The fourth-order valence-corrected chi connectivity index (χ4v) is 11.7. The molecule has 12 aromatic carbocycles. The third-order valence-corrected chi connectivity index (χ3v) is 15.1. The molecule has 0 N–H and O–H groups in total. The van der Waals surface area contributed by atoms with E-state index < -0.39 is 0 Å². The predicted molar refractivity (Wildman–Crippen MR) is 297 cm³/mol. The zero-order valence-corrected chi connectivity index (χ0v) is 38.8. The molecule has 0 fully saturated rings. The van der Waals surface area contributed by atoms with Crippen molar-refractivity contribution < 1.29 is 0 Å². The highest BCUT2D eigenvalue weighted by molar-refractivity contribution is 6.02. The van der Waals surface area contributed by atoms with Gasteiger partial charge in [-0.2, -0.15) is 0 Å². The van der Waals surface area contributed by atoms with Crippen LogP contribution in [0.5, 0.6) is 0 Å². The Hall–Kier alpha value is -8.72. The molecule has 2 aliphatic rings. The number of aryl methyl sites for hydroxylation is 4. The lowest BCUT2D eigenvalue weighted by Crippen LogP contribution is -2.14. The van der Waals surface area contributed by atoms with Gasteiger partial charge in [-0.1, -0.05) is 182 Å². The van der Waals surface area contributed by atoms with Gasteiger partial charge in [-0.15, -0.1) is 0 Å². The van der Waals surface area contributed by atoms with Crippen molar-refractivity contribution in [3.63, 3.8) is 0 Å². The minimum atomic E-state index is 1.05. The van der Waals surface area contributed by atoms with Crippen LogP contribution in [0.25, 0.3) is 76.5 Å². The maximum atomic E-state index is 2.49. The largest absolute Gasteiger partial charge is 0.310 e. The normalized spacial score (nSPS) is 12.6. The number of benzene rings is 12. The van der Waals surface area contributed by atoms with Crippen LogP contribution in [0.1, 0.15) is 22.3 Å². The minimum absolute atomic E-state index is 1.05. The van der Waals surface area contributed by atoms with Gasteiger partial charge in [-0.05, 0) is 174 Å². The first-order valence-corrected chi connectivity index (χ1v) is 24.7. The molecule has 0 bridgehead atoms. The number of fused-ring (bicyclic) bond motifs is 4. The highest BCUT2D eigenvalue weighted by Gasteiger charge is 2.28. The third kappa shape index (κ3) is 6.86. The van der Waals surface area contributed by atoms with Gasteiger partial charge in [0.15, 0.2) is 0 Å². The molecule has 0 saturated carbocycles. The van der Waals surface area contributed by atoms with E-state index in [1.165, 1.54) is 110 Å². The molecule has 2 nitrogen and oxygen atoms in total. The van der Waals surface area contributed by atoms with Crippen molar-refractivity contribution in [2.75, 3.05) is 9.80 Å². The number of hydrogen-bond acceptors (Lipinski definition) is 2. The summed E-state index contributed by atoms with van der Waals surface area (Å²) < 4.78 is 0. The summed E-state index contributed by atoms with van der Waals surface area (Å²) >= 11 is 0. The fourth-order valence-electron chi connectivity index (χ4n) is 11.7. The van der Waals surface area contributed by atoms with Crippen LogP contribution in [0, 0.1) is 0 Å². The van der Waals surface area contributed by atoms with E-state index in [1.54, 1.807) is 0 Å². The van der Waals surface area contributed by atoms with Gasteiger partial charge in [0.25, 0.3) is 0 Å². The topological polar surface area (TPSA) is 6.48 Å².